The maximum absolute atomic E-state index is 6.20. The number of nitrogens with zero attached hydrogens (tertiary/aromatic N) is 1. The van der Waals surface area contributed by atoms with E-state index in [-0.39, 0.29) is 6.04 Å². The molecular weight excluding hydrogens is 260 g/mol. The van der Waals surface area contributed by atoms with Gasteiger partial charge in [-0.15, -0.1) is 0 Å². The van der Waals surface area contributed by atoms with E-state index in [2.05, 4.69) is 4.98 Å². The molecule has 0 bridgehead atoms. The van der Waals surface area contributed by atoms with Crippen LogP contribution in [0.4, 0.5) is 0 Å². The van der Waals surface area contributed by atoms with Gasteiger partial charge in [-0.05, 0) is 42.7 Å². The van der Waals surface area contributed by atoms with Crippen LogP contribution in [-0.4, -0.2) is 11.6 Å². The molecule has 1 aromatic carbocycles. The molecule has 0 amide bonds. The quantitative estimate of drug-likeness (QED) is 0.911. The Bertz CT molecular complexity index is 545. The van der Waals surface area contributed by atoms with Crippen LogP contribution in [0, 0.1) is 0 Å². The van der Waals surface area contributed by atoms with E-state index in [0.717, 1.165) is 28.3 Å². The van der Waals surface area contributed by atoms with Crippen LogP contribution >= 0.6 is 11.6 Å². The maximum Gasteiger partial charge on any atom is 0.137 e. The number of hydrogen-bond donors (Lipinski definition) is 1. The summed E-state index contributed by atoms with van der Waals surface area (Å²) in [6.45, 7) is 2.56. The van der Waals surface area contributed by atoms with E-state index >= 15 is 0 Å². The number of aromatic nitrogens is 1. The van der Waals surface area contributed by atoms with Crippen molar-refractivity contribution in [2.45, 2.75) is 19.4 Å². The van der Waals surface area contributed by atoms with Crippen molar-refractivity contribution in [1.82, 2.24) is 4.98 Å². The van der Waals surface area contributed by atoms with Gasteiger partial charge in [0, 0.05) is 17.3 Å². The first-order chi connectivity index (χ1) is 9.19. The van der Waals surface area contributed by atoms with Gasteiger partial charge in [0.05, 0.1) is 12.8 Å². The van der Waals surface area contributed by atoms with Gasteiger partial charge in [-0.1, -0.05) is 23.7 Å². The SMILES string of the molecule is CCOc1cncc(C(N)Cc2cccc(Cl)c2)c1. The lowest BCUT2D eigenvalue weighted by Gasteiger charge is -2.13. The van der Waals surface area contributed by atoms with E-state index in [1.54, 1.807) is 12.4 Å². The zero-order valence-electron chi connectivity index (χ0n) is 10.8. The summed E-state index contributed by atoms with van der Waals surface area (Å²) in [6.07, 6.45) is 4.19. The Labute approximate surface area is 118 Å². The van der Waals surface area contributed by atoms with Gasteiger partial charge < -0.3 is 10.5 Å². The van der Waals surface area contributed by atoms with Gasteiger partial charge in [-0.25, -0.2) is 0 Å². The molecule has 1 aromatic heterocycles. The van der Waals surface area contributed by atoms with Crippen LogP contribution in [0.25, 0.3) is 0 Å². The predicted molar refractivity (Wildman–Crippen MR) is 77.5 cm³/mol. The van der Waals surface area contributed by atoms with Crippen molar-refractivity contribution in [1.29, 1.82) is 0 Å². The molecule has 100 valence electrons. The molecule has 0 aliphatic rings. The van der Waals surface area contributed by atoms with E-state index in [0.29, 0.717) is 6.61 Å². The molecule has 1 unspecified atom stereocenters. The Balaban J connectivity index is 2.11. The number of pyridine rings is 1. The number of ether oxygens (including phenoxy) is 1. The highest BCUT2D eigenvalue weighted by molar-refractivity contribution is 6.30. The van der Waals surface area contributed by atoms with E-state index in [1.165, 1.54) is 0 Å². The lowest BCUT2D eigenvalue weighted by Crippen LogP contribution is -2.13. The van der Waals surface area contributed by atoms with Gasteiger partial charge in [-0.3, -0.25) is 4.98 Å². The molecule has 0 aliphatic heterocycles. The second-order valence-corrected chi connectivity index (χ2v) is 4.76. The van der Waals surface area contributed by atoms with E-state index in [4.69, 9.17) is 22.1 Å². The largest absolute Gasteiger partial charge is 0.492 e. The van der Waals surface area contributed by atoms with Gasteiger partial charge in [0.25, 0.3) is 0 Å². The lowest BCUT2D eigenvalue weighted by atomic mass is 10.0. The van der Waals surface area contributed by atoms with Crippen LogP contribution in [0.3, 0.4) is 0 Å². The first kappa shape index (κ1) is 13.8. The Morgan fingerprint density at radius 1 is 1.32 bits per heavy atom. The Hall–Kier alpha value is -1.58. The summed E-state index contributed by atoms with van der Waals surface area (Å²) in [7, 11) is 0. The Morgan fingerprint density at radius 2 is 2.16 bits per heavy atom. The van der Waals surface area contributed by atoms with Crippen LogP contribution in [-0.2, 0) is 6.42 Å². The zero-order chi connectivity index (χ0) is 13.7. The molecular formula is C15H17ClN2O. The molecule has 0 spiro atoms. The standard InChI is InChI=1S/C15H17ClN2O/c1-2-19-14-8-12(9-18-10-14)15(17)7-11-4-3-5-13(16)6-11/h3-6,8-10,15H,2,7,17H2,1H3. The molecule has 0 aliphatic carbocycles. The van der Waals surface area contributed by atoms with Crippen molar-refractivity contribution >= 4 is 11.6 Å². The van der Waals surface area contributed by atoms with Crippen LogP contribution in [0.1, 0.15) is 24.1 Å². The normalized spacial score (nSPS) is 12.2. The smallest absolute Gasteiger partial charge is 0.137 e. The van der Waals surface area contributed by atoms with Crippen molar-refractivity contribution < 1.29 is 4.74 Å². The molecule has 0 saturated carbocycles. The maximum atomic E-state index is 6.20. The van der Waals surface area contributed by atoms with Gasteiger partial charge in [0.15, 0.2) is 0 Å². The third-order valence-electron chi connectivity index (χ3n) is 2.82. The average molecular weight is 277 g/mol. The predicted octanol–water partition coefficient (Wildman–Crippen LogP) is 3.38. The molecule has 0 fully saturated rings. The lowest BCUT2D eigenvalue weighted by molar-refractivity contribution is 0.338. The van der Waals surface area contributed by atoms with Crippen LogP contribution in [0.5, 0.6) is 5.75 Å². The minimum atomic E-state index is -0.119. The fourth-order valence-corrected chi connectivity index (χ4v) is 2.13. The summed E-state index contributed by atoms with van der Waals surface area (Å²) in [4.78, 5) is 4.15. The van der Waals surface area contributed by atoms with Crippen LogP contribution in [0.2, 0.25) is 5.02 Å². The van der Waals surface area contributed by atoms with Crippen molar-refractivity contribution in [3.8, 4) is 5.75 Å². The average Bonchev–Trinajstić information content (AvgIpc) is 2.39. The van der Waals surface area contributed by atoms with E-state index in [9.17, 15) is 0 Å². The molecule has 0 radical (unpaired) electrons. The number of halogens is 1. The van der Waals surface area contributed by atoms with Gasteiger partial charge in [0.1, 0.15) is 5.75 Å². The van der Waals surface area contributed by atoms with Crippen molar-refractivity contribution in [2.24, 2.45) is 5.73 Å². The highest BCUT2D eigenvalue weighted by atomic mass is 35.5. The number of nitrogens with two attached hydrogens (primary N) is 1. The summed E-state index contributed by atoms with van der Waals surface area (Å²) in [5.74, 6) is 0.751. The highest BCUT2D eigenvalue weighted by Gasteiger charge is 2.09. The van der Waals surface area contributed by atoms with Crippen molar-refractivity contribution in [2.75, 3.05) is 6.61 Å². The first-order valence-electron chi connectivity index (χ1n) is 6.27. The minimum absolute atomic E-state index is 0.119. The molecule has 1 heterocycles. The number of rotatable bonds is 5. The number of hydrogen-bond acceptors (Lipinski definition) is 3. The first-order valence-corrected chi connectivity index (χ1v) is 6.64. The minimum Gasteiger partial charge on any atom is -0.492 e. The Morgan fingerprint density at radius 3 is 2.89 bits per heavy atom. The fourth-order valence-electron chi connectivity index (χ4n) is 1.92. The summed E-state index contributed by atoms with van der Waals surface area (Å²) in [5, 5.41) is 0.728. The highest BCUT2D eigenvalue weighted by Crippen LogP contribution is 2.21. The zero-order valence-corrected chi connectivity index (χ0v) is 11.6. The van der Waals surface area contributed by atoms with Crippen molar-refractivity contribution in [3.63, 3.8) is 0 Å². The second kappa shape index (κ2) is 6.55. The second-order valence-electron chi connectivity index (χ2n) is 4.33. The molecule has 2 N–H and O–H groups in total. The topological polar surface area (TPSA) is 48.1 Å². The Kier molecular flexibility index (Phi) is 4.77. The van der Waals surface area contributed by atoms with E-state index in [1.807, 2.05) is 37.3 Å². The fraction of sp³-hybridized carbons (Fsp3) is 0.267. The molecule has 2 aromatic rings. The molecule has 0 saturated heterocycles. The summed E-state index contributed by atoms with van der Waals surface area (Å²) in [6, 6.07) is 9.55. The molecule has 2 rings (SSSR count). The van der Waals surface area contributed by atoms with Crippen LogP contribution < -0.4 is 10.5 Å². The van der Waals surface area contributed by atoms with Gasteiger partial charge >= 0.3 is 0 Å². The summed E-state index contributed by atoms with van der Waals surface area (Å²) >= 11 is 5.97. The van der Waals surface area contributed by atoms with E-state index < -0.39 is 0 Å². The van der Waals surface area contributed by atoms with Gasteiger partial charge in [-0.2, -0.15) is 0 Å². The third-order valence-corrected chi connectivity index (χ3v) is 3.05. The van der Waals surface area contributed by atoms with Crippen molar-refractivity contribution in [3.05, 3.63) is 58.9 Å². The van der Waals surface area contributed by atoms with Gasteiger partial charge in [0.2, 0.25) is 0 Å². The monoisotopic (exact) mass is 276 g/mol. The number of benzene rings is 1. The molecule has 4 heteroatoms. The molecule has 3 nitrogen and oxygen atoms in total. The molecule has 19 heavy (non-hydrogen) atoms. The summed E-state index contributed by atoms with van der Waals surface area (Å²) in [5.41, 5.74) is 8.28. The summed E-state index contributed by atoms with van der Waals surface area (Å²) < 4.78 is 5.43. The van der Waals surface area contributed by atoms with Crippen LogP contribution in [0.15, 0.2) is 42.7 Å². The third kappa shape index (κ3) is 3.94. The molecule has 1 atom stereocenters.